The van der Waals surface area contributed by atoms with E-state index in [-0.39, 0.29) is 41.6 Å². The number of rotatable bonds is 10. The highest BCUT2D eigenvalue weighted by Gasteiger charge is 2.42. The molecule has 2 aliphatic rings. The van der Waals surface area contributed by atoms with Gasteiger partial charge in [0.25, 0.3) is 11.5 Å². The summed E-state index contributed by atoms with van der Waals surface area (Å²) in [7, 11) is 1.58. The molecule has 8 nitrogen and oxygen atoms in total. The minimum Gasteiger partial charge on any atom is -0.353 e. The van der Waals surface area contributed by atoms with Crippen molar-refractivity contribution in [3.63, 3.8) is 0 Å². The van der Waals surface area contributed by atoms with Crippen LogP contribution in [0.3, 0.4) is 0 Å². The number of hydrogen-bond donors (Lipinski definition) is 2. The first kappa shape index (κ1) is 28.7. The predicted molar refractivity (Wildman–Crippen MR) is 151 cm³/mol. The molecular weight excluding hydrogens is 485 g/mol. The van der Waals surface area contributed by atoms with E-state index in [2.05, 4.69) is 10.6 Å². The van der Waals surface area contributed by atoms with Crippen molar-refractivity contribution < 1.29 is 14.0 Å². The Bertz CT molecular complexity index is 1300. The normalized spacial score (nSPS) is 17.0. The second-order valence-corrected chi connectivity index (χ2v) is 9.40. The molecular formula is C29H38FN5O3. The van der Waals surface area contributed by atoms with Gasteiger partial charge in [-0.25, -0.2) is 4.39 Å². The Morgan fingerprint density at radius 3 is 2.39 bits per heavy atom. The number of amides is 2. The van der Waals surface area contributed by atoms with Crippen LogP contribution in [0.2, 0.25) is 0 Å². The first-order valence-corrected chi connectivity index (χ1v) is 13.0. The summed E-state index contributed by atoms with van der Waals surface area (Å²) in [5, 5.41) is 5.85. The molecule has 2 amide bonds. The maximum atomic E-state index is 15.0. The molecule has 0 radical (unpaired) electrons. The van der Waals surface area contributed by atoms with Crippen LogP contribution in [0.1, 0.15) is 62.9 Å². The molecule has 0 unspecified atom stereocenters. The summed E-state index contributed by atoms with van der Waals surface area (Å²) in [6.45, 7) is 9.22. The number of fused-ring (bicyclic) bond motifs is 1. The third-order valence-corrected chi connectivity index (χ3v) is 6.47. The maximum absolute atomic E-state index is 15.0. The third kappa shape index (κ3) is 6.15. The molecule has 0 bridgehead atoms. The first-order valence-electron chi connectivity index (χ1n) is 13.0. The molecule has 1 fully saturated rings. The number of nitrogens with zero attached hydrogens (tertiary/aromatic N) is 3. The summed E-state index contributed by atoms with van der Waals surface area (Å²) in [4.78, 5) is 42.7. The Hall–Kier alpha value is -3.88. The van der Waals surface area contributed by atoms with Gasteiger partial charge in [-0.3, -0.25) is 19.0 Å². The Balaban J connectivity index is 2.31. The van der Waals surface area contributed by atoms with Crippen molar-refractivity contribution in [2.45, 2.75) is 59.9 Å². The Kier molecular flexibility index (Phi) is 9.50. The molecule has 1 aliphatic heterocycles. The fourth-order valence-corrected chi connectivity index (χ4v) is 4.43. The topological polar surface area (TPSA) is 86.7 Å². The van der Waals surface area contributed by atoms with Gasteiger partial charge in [0.1, 0.15) is 17.2 Å². The van der Waals surface area contributed by atoms with Gasteiger partial charge in [0.2, 0.25) is 5.91 Å². The molecule has 0 atom stereocenters. The number of pyridine rings is 1. The van der Waals surface area contributed by atoms with Crippen molar-refractivity contribution in [2.24, 2.45) is 7.05 Å². The van der Waals surface area contributed by atoms with Crippen molar-refractivity contribution in [3.8, 4) is 0 Å². The molecule has 0 aromatic carbocycles. The average Bonchev–Trinajstić information content (AvgIpc) is 3.72. The van der Waals surface area contributed by atoms with E-state index in [1.165, 1.54) is 17.6 Å². The third-order valence-electron chi connectivity index (χ3n) is 6.47. The van der Waals surface area contributed by atoms with E-state index in [1.807, 2.05) is 35.0 Å². The average molecular weight is 524 g/mol. The molecule has 1 aromatic rings. The smallest absolute Gasteiger partial charge is 0.261 e. The fraction of sp³-hybridized carbons (Fsp3) is 0.414. The summed E-state index contributed by atoms with van der Waals surface area (Å²) in [5.41, 5.74) is 1.81. The van der Waals surface area contributed by atoms with Gasteiger partial charge in [-0.05, 0) is 64.3 Å². The molecule has 0 spiro atoms. The number of aromatic nitrogens is 1. The predicted octanol–water partition coefficient (Wildman–Crippen LogP) is 4.81. The number of halogens is 1. The highest BCUT2D eigenvalue weighted by molar-refractivity contribution is 6.07. The highest BCUT2D eigenvalue weighted by Crippen LogP contribution is 2.41. The summed E-state index contributed by atoms with van der Waals surface area (Å²) in [5.74, 6) is -0.651. The first-order chi connectivity index (χ1) is 18.2. The molecule has 2 N–H and O–H groups in total. The summed E-state index contributed by atoms with van der Waals surface area (Å²) < 4.78 is 16.3. The molecule has 1 aromatic heterocycles. The Morgan fingerprint density at radius 2 is 1.82 bits per heavy atom. The van der Waals surface area contributed by atoms with Crippen molar-refractivity contribution in [3.05, 3.63) is 81.2 Å². The number of carbonyl (C=O) groups is 2. The SMILES string of the molecule is C\C=C/C(Nc1c2c(c(C)c(=O)n1C)N(C(/C=C\CC)=C/CNC(C)=O)CN(C1CC1)C2=O)=C(F)\C=C\C. The minimum atomic E-state index is -0.520. The second-order valence-electron chi connectivity index (χ2n) is 9.40. The van der Waals surface area contributed by atoms with Crippen molar-refractivity contribution in [2.75, 3.05) is 23.4 Å². The van der Waals surface area contributed by atoms with Crippen LogP contribution in [0.4, 0.5) is 15.9 Å². The lowest BCUT2D eigenvalue weighted by atomic mass is 10.0. The van der Waals surface area contributed by atoms with Crippen LogP contribution in [-0.4, -0.2) is 40.5 Å². The van der Waals surface area contributed by atoms with Crippen molar-refractivity contribution in [1.82, 2.24) is 14.8 Å². The molecule has 204 valence electrons. The van der Waals surface area contributed by atoms with E-state index in [0.717, 1.165) is 25.0 Å². The van der Waals surface area contributed by atoms with Gasteiger partial charge < -0.3 is 20.4 Å². The lowest BCUT2D eigenvalue weighted by Gasteiger charge is -2.40. The van der Waals surface area contributed by atoms with Gasteiger partial charge in [-0.15, -0.1) is 0 Å². The molecule has 1 aliphatic carbocycles. The number of nitrogens with one attached hydrogen (secondary N) is 2. The second kappa shape index (κ2) is 12.6. The van der Waals surface area contributed by atoms with Crippen LogP contribution in [0.25, 0.3) is 0 Å². The molecule has 38 heavy (non-hydrogen) atoms. The van der Waals surface area contributed by atoms with Crippen LogP contribution in [0.5, 0.6) is 0 Å². The largest absolute Gasteiger partial charge is 0.353 e. The van der Waals surface area contributed by atoms with Crippen LogP contribution < -0.4 is 21.1 Å². The van der Waals surface area contributed by atoms with E-state index >= 15 is 0 Å². The fourth-order valence-electron chi connectivity index (χ4n) is 4.43. The summed E-state index contributed by atoms with van der Waals surface area (Å²) >= 11 is 0. The van der Waals surface area contributed by atoms with E-state index in [4.69, 9.17) is 0 Å². The molecule has 3 rings (SSSR count). The minimum absolute atomic E-state index is 0.0978. The van der Waals surface area contributed by atoms with Gasteiger partial charge >= 0.3 is 0 Å². The Morgan fingerprint density at radius 1 is 1.13 bits per heavy atom. The number of hydrogen-bond acceptors (Lipinski definition) is 5. The summed E-state index contributed by atoms with van der Waals surface area (Å²) in [6.07, 6.45) is 14.6. The lowest BCUT2D eigenvalue weighted by molar-refractivity contribution is -0.118. The van der Waals surface area contributed by atoms with Gasteiger partial charge in [0.05, 0.1) is 18.1 Å². The lowest BCUT2D eigenvalue weighted by Crippen LogP contribution is -2.49. The number of allylic oxidation sites excluding steroid dienone is 7. The van der Waals surface area contributed by atoms with Crippen LogP contribution in [0, 0.1) is 6.92 Å². The van der Waals surface area contributed by atoms with Gasteiger partial charge in [0.15, 0.2) is 0 Å². The van der Waals surface area contributed by atoms with Crippen LogP contribution in [-0.2, 0) is 11.8 Å². The quantitative estimate of drug-likeness (QED) is 0.430. The number of anilines is 2. The standard InChI is InChI=1S/C29H38FN5O3/c1-7-10-13-21(16-17-31-20(5)36)34-18-35(22-14-15-22)29(38)25-26(34)19(4)28(37)33(6)27(25)32-24(12-9-3)23(30)11-8-2/h8-13,16,22,32H,7,14-15,17-18H2,1-6H3,(H,31,36)/b11-8+,12-9-,13-10-,21-16+,24-23-. The zero-order chi connectivity index (χ0) is 28.0. The van der Waals surface area contributed by atoms with Crippen LogP contribution >= 0.6 is 0 Å². The van der Waals surface area contributed by atoms with Crippen molar-refractivity contribution in [1.29, 1.82) is 0 Å². The van der Waals surface area contributed by atoms with Gasteiger partial charge in [0, 0.05) is 37.8 Å². The van der Waals surface area contributed by atoms with Crippen molar-refractivity contribution >= 4 is 23.3 Å². The van der Waals surface area contributed by atoms with E-state index in [0.29, 0.717) is 23.4 Å². The summed E-state index contributed by atoms with van der Waals surface area (Å²) in [6, 6.07) is 0.0978. The Labute approximate surface area is 223 Å². The molecule has 1 saturated carbocycles. The number of carbonyl (C=O) groups excluding carboxylic acids is 2. The van der Waals surface area contributed by atoms with Gasteiger partial charge in [-0.2, -0.15) is 0 Å². The van der Waals surface area contributed by atoms with E-state index in [9.17, 15) is 18.8 Å². The molecule has 9 heteroatoms. The zero-order valence-electron chi connectivity index (χ0n) is 23.1. The highest BCUT2D eigenvalue weighted by atomic mass is 19.1. The van der Waals surface area contributed by atoms with E-state index in [1.54, 1.807) is 46.0 Å². The molecule has 2 heterocycles. The maximum Gasteiger partial charge on any atom is 0.261 e. The zero-order valence-corrected chi connectivity index (χ0v) is 23.1. The van der Waals surface area contributed by atoms with E-state index < -0.39 is 5.83 Å². The molecule has 0 saturated heterocycles. The van der Waals surface area contributed by atoms with Gasteiger partial charge in [-0.1, -0.05) is 25.2 Å². The van der Waals surface area contributed by atoms with Crippen LogP contribution in [0.15, 0.2) is 64.5 Å². The monoisotopic (exact) mass is 523 g/mol.